The van der Waals surface area contributed by atoms with Gasteiger partial charge in [0.05, 0.1) is 11.9 Å². The fourth-order valence-corrected chi connectivity index (χ4v) is 1.36. The van der Waals surface area contributed by atoms with Gasteiger partial charge in [-0.25, -0.2) is 9.37 Å². The average Bonchev–Trinajstić information content (AvgIpc) is 2.25. The molecule has 0 aliphatic rings. The lowest BCUT2D eigenvalue weighted by atomic mass is 10.3. The maximum Gasteiger partial charge on any atom is 0.238 e. The summed E-state index contributed by atoms with van der Waals surface area (Å²) in [5, 5.41) is 0.239. The highest BCUT2D eigenvalue weighted by Gasteiger charge is 2.08. The molecule has 0 spiro atoms. The van der Waals surface area contributed by atoms with Gasteiger partial charge in [0.2, 0.25) is 5.88 Å². The summed E-state index contributed by atoms with van der Waals surface area (Å²) in [5.41, 5.74) is 5.90. The van der Waals surface area contributed by atoms with Crippen LogP contribution in [-0.4, -0.2) is 4.98 Å². The van der Waals surface area contributed by atoms with Crippen molar-refractivity contribution >= 4 is 17.3 Å². The lowest BCUT2D eigenvalue weighted by molar-refractivity contribution is 0.428. The van der Waals surface area contributed by atoms with Crippen molar-refractivity contribution in [3.05, 3.63) is 47.4 Å². The number of para-hydroxylation sites is 1. The van der Waals surface area contributed by atoms with Crippen LogP contribution in [-0.2, 0) is 0 Å². The minimum absolute atomic E-state index is 0.0710. The monoisotopic (exact) mass is 238 g/mol. The lowest BCUT2D eigenvalue weighted by Gasteiger charge is -2.07. The third-order valence-electron chi connectivity index (χ3n) is 1.87. The molecule has 0 amide bonds. The number of rotatable bonds is 2. The van der Waals surface area contributed by atoms with Crippen molar-refractivity contribution in [3.63, 3.8) is 0 Å². The number of hydrogen-bond donors (Lipinski definition) is 1. The van der Waals surface area contributed by atoms with Crippen molar-refractivity contribution in [2.24, 2.45) is 0 Å². The van der Waals surface area contributed by atoms with E-state index in [1.165, 1.54) is 24.4 Å². The second-order valence-electron chi connectivity index (χ2n) is 3.09. The molecule has 0 saturated heterocycles. The van der Waals surface area contributed by atoms with Gasteiger partial charge in [-0.2, -0.15) is 0 Å². The van der Waals surface area contributed by atoms with Gasteiger partial charge in [0.15, 0.2) is 11.6 Å². The standard InChI is InChI=1S/C11H8ClFN2O/c12-8-5-7(14)6-15-11(8)16-10-4-2-1-3-9(10)13/h1-6H,14H2. The lowest BCUT2D eigenvalue weighted by Crippen LogP contribution is -1.93. The van der Waals surface area contributed by atoms with E-state index < -0.39 is 5.82 Å². The van der Waals surface area contributed by atoms with Crippen LogP contribution in [0.15, 0.2) is 36.5 Å². The number of benzene rings is 1. The first-order chi connectivity index (χ1) is 7.66. The number of aromatic nitrogens is 1. The zero-order chi connectivity index (χ0) is 11.5. The molecule has 2 rings (SSSR count). The number of nitrogen functional groups attached to an aromatic ring is 1. The Labute approximate surface area is 96.6 Å². The number of nitrogens with zero attached hydrogens (tertiary/aromatic N) is 1. The Morgan fingerprint density at radius 1 is 1.31 bits per heavy atom. The fraction of sp³-hybridized carbons (Fsp3) is 0. The van der Waals surface area contributed by atoms with Crippen LogP contribution in [0.25, 0.3) is 0 Å². The zero-order valence-electron chi connectivity index (χ0n) is 8.15. The normalized spacial score (nSPS) is 10.1. The van der Waals surface area contributed by atoms with E-state index in [0.717, 1.165) is 0 Å². The van der Waals surface area contributed by atoms with Crippen LogP contribution in [0.1, 0.15) is 0 Å². The van der Waals surface area contributed by atoms with Crippen molar-refractivity contribution in [2.75, 3.05) is 5.73 Å². The number of nitrogens with two attached hydrogens (primary N) is 1. The second kappa shape index (κ2) is 4.37. The van der Waals surface area contributed by atoms with Gasteiger partial charge in [0, 0.05) is 0 Å². The fourth-order valence-electron chi connectivity index (χ4n) is 1.15. The summed E-state index contributed by atoms with van der Waals surface area (Å²) < 4.78 is 18.5. The Kier molecular flexibility index (Phi) is 2.92. The van der Waals surface area contributed by atoms with Crippen LogP contribution in [0, 0.1) is 5.82 Å². The quantitative estimate of drug-likeness (QED) is 0.874. The molecule has 5 heteroatoms. The van der Waals surface area contributed by atoms with E-state index in [1.54, 1.807) is 12.1 Å². The molecular weight excluding hydrogens is 231 g/mol. The van der Waals surface area contributed by atoms with Crippen LogP contribution in [0.2, 0.25) is 5.02 Å². The summed E-state index contributed by atoms with van der Waals surface area (Å²) in [5.74, 6) is -0.278. The van der Waals surface area contributed by atoms with Gasteiger partial charge < -0.3 is 10.5 Å². The van der Waals surface area contributed by atoms with Crippen LogP contribution in [0.5, 0.6) is 11.6 Å². The van der Waals surface area contributed by atoms with E-state index >= 15 is 0 Å². The molecule has 0 unspecified atom stereocenters. The van der Waals surface area contributed by atoms with E-state index in [-0.39, 0.29) is 16.7 Å². The molecule has 16 heavy (non-hydrogen) atoms. The first kappa shape index (κ1) is 10.7. The number of hydrogen-bond acceptors (Lipinski definition) is 3. The van der Waals surface area contributed by atoms with Crippen LogP contribution < -0.4 is 10.5 Å². The summed E-state index contributed by atoms with van der Waals surface area (Å²) in [7, 11) is 0. The molecule has 1 aromatic heterocycles. The molecule has 0 aliphatic carbocycles. The summed E-state index contributed by atoms with van der Waals surface area (Å²) in [6, 6.07) is 7.50. The van der Waals surface area contributed by atoms with Crippen LogP contribution in [0.4, 0.5) is 10.1 Å². The molecule has 0 saturated carbocycles. The molecule has 0 bridgehead atoms. The third-order valence-corrected chi connectivity index (χ3v) is 2.14. The van der Waals surface area contributed by atoms with Gasteiger partial charge in [0.1, 0.15) is 5.02 Å². The summed E-state index contributed by atoms with van der Waals surface area (Å²) in [6.45, 7) is 0. The highest BCUT2D eigenvalue weighted by molar-refractivity contribution is 6.32. The van der Waals surface area contributed by atoms with E-state index in [2.05, 4.69) is 4.98 Å². The first-order valence-electron chi connectivity index (χ1n) is 4.50. The molecule has 0 aliphatic heterocycles. The molecule has 1 heterocycles. The highest BCUT2D eigenvalue weighted by Crippen LogP contribution is 2.29. The average molecular weight is 239 g/mol. The molecule has 82 valence electrons. The van der Waals surface area contributed by atoms with Gasteiger partial charge in [-0.05, 0) is 18.2 Å². The van der Waals surface area contributed by atoms with E-state index in [4.69, 9.17) is 22.1 Å². The maximum atomic E-state index is 13.3. The Balaban J connectivity index is 2.31. The predicted octanol–water partition coefficient (Wildman–Crippen LogP) is 3.25. The molecule has 2 N–H and O–H groups in total. The molecule has 0 atom stereocenters. The molecule has 2 aromatic rings. The highest BCUT2D eigenvalue weighted by atomic mass is 35.5. The summed E-state index contributed by atoms with van der Waals surface area (Å²) in [4.78, 5) is 3.87. The smallest absolute Gasteiger partial charge is 0.238 e. The number of pyridine rings is 1. The Bertz CT molecular complexity index is 519. The Morgan fingerprint density at radius 3 is 2.75 bits per heavy atom. The molecule has 0 radical (unpaired) electrons. The summed E-state index contributed by atoms with van der Waals surface area (Å²) in [6.07, 6.45) is 1.39. The van der Waals surface area contributed by atoms with Crippen molar-refractivity contribution in [1.82, 2.24) is 4.98 Å². The Morgan fingerprint density at radius 2 is 2.06 bits per heavy atom. The molecule has 3 nitrogen and oxygen atoms in total. The maximum absolute atomic E-state index is 13.3. The van der Waals surface area contributed by atoms with E-state index in [0.29, 0.717) is 5.69 Å². The van der Waals surface area contributed by atoms with Gasteiger partial charge in [-0.3, -0.25) is 0 Å². The SMILES string of the molecule is Nc1cnc(Oc2ccccc2F)c(Cl)c1. The summed E-state index contributed by atoms with van der Waals surface area (Å²) >= 11 is 5.84. The second-order valence-corrected chi connectivity index (χ2v) is 3.50. The van der Waals surface area contributed by atoms with Crippen molar-refractivity contribution < 1.29 is 9.13 Å². The zero-order valence-corrected chi connectivity index (χ0v) is 8.91. The number of halogens is 2. The molecule has 0 fully saturated rings. The van der Waals surface area contributed by atoms with Gasteiger partial charge in [-0.15, -0.1) is 0 Å². The molecular formula is C11H8ClFN2O. The van der Waals surface area contributed by atoms with Gasteiger partial charge in [-0.1, -0.05) is 23.7 Å². The minimum Gasteiger partial charge on any atom is -0.434 e. The van der Waals surface area contributed by atoms with Gasteiger partial charge in [0.25, 0.3) is 0 Å². The number of anilines is 1. The third kappa shape index (κ3) is 2.23. The van der Waals surface area contributed by atoms with Crippen LogP contribution >= 0.6 is 11.6 Å². The predicted molar refractivity (Wildman–Crippen MR) is 60.1 cm³/mol. The topological polar surface area (TPSA) is 48.1 Å². The van der Waals surface area contributed by atoms with Gasteiger partial charge >= 0.3 is 0 Å². The van der Waals surface area contributed by atoms with Crippen molar-refractivity contribution in [2.45, 2.75) is 0 Å². The molecule has 1 aromatic carbocycles. The van der Waals surface area contributed by atoms with E-state index in [1.807, 2.05) is 0 Å². The van der Waals surface area contributed by atoms with Crippen molar-refractivity contribution in [1.29, 1.82) is 0 Å². The largest absolute Gasteiger partial charge is 0.434 e. The van der Waals surface area contributed by atoms with E-state index in [9.17, 15) is 4.39 Å². The van der Waals surface area contributed by atoms with Crippen molar-refractivity contribution in [3.8, 4) is 11.6 Å². The Hall–Kier alpha value is -1.81. The minimum atomic E-state index is -0.475. The van der Waals surface area contributed by atoms with Crippen LogP contribution in [0.3, 0.4) is 0 Å². The number of ether oxygens (including phenoxy) is 1. The first-order valence-corrected chi connectivity index (χ1v) is 4.88.